The van der Waals surface area contributed by atoms with Crippen LogP contribution in [0, 0.1) is 0 Å². The van der Waals surface area contributed by atoms with E-state index in [2.05, 4.69) is 14.9 Å². The zero-order chi connectivity index (χ0) is 23.5. The molecule has 8 nitrogen and oxygen atoms in total. The Labute approximate surface area is 201 Å². The number of benzene rings is 1. The number of carbonyl (C=O) groups excluding carboxylic acids is 1. The van der Waals surface area contributed by atoms with Gasteiger partial charge in [-0.15, -0.1) is 0 Å². The van der Waals surface area contributed by atoms with E-state index in [4.69, 9.17) is 16.0 Å². The van der Waals surface area contributed by atoms with Gasteiger partial charge in [-0.1, -0.05) is 17.7 Å². The summed E-state index contributed by atoms with van der Waals surface area (Å²) < 4.78 is 7.34. The highest BCUT2D eigenvalue weighted by atomic mass is 35.5. The van der Waals surface area contributed by atoms with Crippen LogP contribution < -0.4 is 5.56 Å². The fourth-order valence-electron chi connectivity index (χ4n) is 4.11. The Hall–Kier alpha value is -3.49. The Kier molecular flexibility index (Phi) is 6.42. The normalized spacial score (nSPS) is 14.6. The Morgan fingerprint density at radius 3 is 2.65 bits per heavy atom. The molecular weight excluding hydrogens is 454 g/mol. The predicted octanol–water partition coefficient (Wildman–Crippen LogP) is 3.28. The summed E-state index contributed by atoms with van der Waals surface area (Å²) in [7, 11) is 0. The van der Waals surface area contributed by atoms with Gasteiger partial charge < -0.3 is 9.32 Å². The molecule has 0 aliphatic carbocycles. The fourth-order valence-corrected chi connectivity index (χ4v) is 4.24. The molecule has 3 aromatic heterocycles. The predicted molar refractivity (Wildman–Crippen MR) is 129 cm³/mol. The molecule has 4 aromatic rings. The summed E-state index contributed by atoms with van der Waals surface area (Å²) in [6, 6.07) is 14.4. The molecule has 0 spiro atoms. The molecule has 5 rings (SSSR count). The number of hydrogen-bond donors (Lipinski definition) is 0. The third-order valence-electron chi connectivity index (χ3n) is 5.97. The second-order valence-corrected chi connectivity index (χ2v) is 8.73. The van der Waals surface area contributed by atoms with Crippen molar-refractivity contribution >= 4 is 23.2 Å². The number of rotatable bonds is 6. The number of oxazole rings is 1. The highest BCUT2D eigenvalue weighted by Gasteiger charge is 2.22. The molecule has 0 radical (unpaired) electrons. The van der Waals surface area contributed by atoms with E-state index < -0.39 is 0 Å². The lowest BCUT2D eigenvalue weighted by atomic mass is 10.2. The highest BCUT2D eigenvalue weighted by molar-refractivity contribution is 6.30. The second kappa shape index (κ2) is 9.79. The lowest BCUT2D eigenvalue weighted by Gasteiger charge is -2.34. The molecule has 0 bridgehead atoms. The van der Waals surface area contributed by atoms with E-state index in [-0.39, 0.29) is 11.5 Å². The van der Waals surface area contributed by atoms with Gasteiger partial charge in [0.2, 0.25) is 5.91 Å². The van der Waals surface area contributed by atoms with Gasteiger partial charge in [0.15, 0.2) is 11.7 Å². The minimum absolute atomic E-state index is 0.0832. The minimum Gasteiger partial charge on any atom is -0.441 e. The van der Waals surface area contributed by atoms with E-state index in [1.54, 1.807) is 30.6 Å². The first-order valence-corrected chi connectivity index (χ1v) is 11.6. The van der Waals surface area contributed by atoms with Crippen LogP contribution in [0.2, 0.25) is 5.02 Å². The van der Waals surface area contributed by atoms with Crippen molar-refractivity contribution in [2.24, 2.45) is 0 Å². The van der Waals surface area contributed by atoms with Crippen LogP contribution in [0.3, 0.4) is 0 Å². The Balaban J connectivity index is 1.12. The summed E-state index contributed by atoms with van der Waals surface area (Å²) in [5.41, 5.74) is 2.20. The van der Waals surface area contributed by atoms with Crippen LogP contribution in [0.1, 0.15) is 18.0 Å². The van der Waals surface area contributed by atoms with Gasteiger partial charge in [-0.3, -0.25) is 18.9 Å². The monoisotopic (exact) mass is 477 g/mol. The minimum atomic E-state index is -0.0832. The van der Waals surface area contributed by atoms with E-state index in [1.807, 2.05) is 35.2 Å². The van der Waals surface area contributed by atoms with Crippen LogP contribution in [-0.4, -0.2) is 56.3 Å². The SMILES string of the molecule is O=C(CCc1ncc(-c2ccc(Cl)cc2)o1)N1CCN(Cc2cc(=O)n3ccccc3n2)CC1. The number of hydrogen-bond acceptors (Lipinski definition) is 6. The zero-order valence-electron chi connectivity index (χ0n) is 18.6. The Bertz CT molecular complexity index is 1360. The van der Waals surface area contributed by atoms with E-state index in [1.165, 1.54) is 4.40 Å². The van der Waals surface area contributed by atoms with Crippen LogP contribution in [0.15, 0.2) is 70.1 Å². The molecule has 4 heterocycles. The summed E-state index contributed by atoms with van der Waals surface area (Å²) in [5, 5.41) is 0.664. The first-order valence-electron chi connectivity index (χ1n) is 11.2. The van der Waals surface area contributed by atoms with Gasteiger partial charge in [0, 0.05) is 68.4 Å². The molecule has 174 valence electrons. The molecule has 1 aromatic carbocycles. The molecule has 9 heteroatoms. The second-order valence-electron chi connectivity index (χ2n) is 8.30. The van der Waals surface area contributed by atoms with Gasteiger partial charge in [-0.05, 0) is 36.4 Å². The first-order chi connectivity index (χ1) is 16.5. The van der Waals surface area contributed by atoms with Crippen molar-refractivity contribution in [1.29, 1.82) is 0 Å². The number of piperazine rings is 1. The summed E-state index contributed by atoms with van der Waals surface area (Å²) in [5.74, 6) is 1.30. The first kappa shape index (κ1) is 22.3. The van der Waals surface area contributed by atoms with Gasteiger partial charge in [0.05, 0.1) is 11.9 Å². The lowest BCUT2D eigenvalue weighted by molar-refractivity contribution is -0.133. The standard InChI is InChI=1S/C25H24ClN5O3/c26-19-6-4-18(5-7-19)21-16-27-23(34-21)8-9-24(32)30-13-11-29(12-14-30)17-20-15-25(33)31-10-2-1-3-22(31)28-20/h1-7,10,15-16H,8-9,11-14,17H2. The largest absolute Gasteiger partial charge is 0.441 e. The van der Waals surface area contributed by atoms with Crippen LogP contribution >= 0.6 is 11.6 Å². The van der Waals surface area contributed by atoms with E-state index >= 15 is 0 Å². The molecule has 0 saturated carbocycles. The number of pyridine rings is 1. The average molecular weight is 478 g/mol. The van der Waals surface area contributed by atoms with Crippen molar-refractivity contribution in [2.45, 2.75) is 19.4 Å². The van der Waals surface area contributed by atoms with E-state index in [0.717, 1.165) is 24.3 Å². The van der Waals surface area contributed by atoms with Crippen molar-refractivity contribution in [1.82, 2.24) is 24.2 Å². The van der Waals surface area contributed by atoms with Crippen LogP contribution in [0.25, 0.3) is 17.0 Å². The van der Waals surface area contributed by atoms with Crippen molar-refractivity contribution in [3.63, 3.8) is 0 Å². The van der Waals surface area contributed by atoms with Crippen molar-refractivity contribution in [3.05, 3.63) is 87.9 Å². The van der Waals surface area contributed by atoms with Crippen LogP contribution in [0.4, 0.5) is 0 Å². The fraction of sp³-hybridized carbons (Fsp3) is 0.280. The number of halogens is 1. The summed E-state index contributed by atoms with van der Waals surface area (Å²) in [4.78, 5) is 38.0. The highest BCUT2D eigenvalue weighted by Crippen LogP contribution is 2.23. The Morgan fingerprint density at radius 2 is 1.85 bits per heavy atom. The quantitative estimate of drug-likeness (QED) is 0.424. The summed E-state index contributed by atoms with van der Waals surface area (Å²) >= 11 is 5.93. The average Bonchev–Trinajstić information content (AvgIpc) is 3.33. The summed E-state index contributed by atoms with van der Waals surface area (Å²) in [6.07, 6.45) is 4.20. The number of aromatic nitrogens is 3. The topological polar surface area (TPSA) is 84.0 Å². The molecule has 1 aliphatic rings. The molecule has 0 N–H and O–H groups in total. The van der Waals surface area contributed by atoms with Gasteiger partial charge in [-0.2, -0.15) is 0 Å². The maximum atomic E-state index is 12.7. The van der Waals surface area contributed by atoms with Gasteiger partial charge >= 0.3 is 0 Å². The molecule has 1 amide bonds. The number of carbonyl (C=O) groups is 1. The van der Waals surface area contributed by atoms with Crippen LogP contribution in [0.5, 0.6) is 0 Å². The third kappa shape index (κ3) is 5.03. The Morgan fingerprint density at radius 1 is 1.06 bits per heavy atom. The number of amides is 1. The zero-order valence-corrected chi connectivity index (χ0v) is 19.3. The molecule has 1 aliphatic heterocycles. The summed E-state index contributed by atoms with van der Waals surface area (Å²) in [6.45, 7) is 3.36. The van der Waals surface area contributed by atoms with Crippen molar-refractivity contribution in [3.8, 4) is 11.3 Å². The smallest absolute Gasteiger partial charge is 0.258 e. The maximum absolute atomic E-state index is 12.7. The molecule has 0 atom stereocenters. The molecule has 1 fully saturated rings. The number of aryl methyl sites for hydroxylation is 1. The molecule has 1 saturated heterocycles. The van der Waals surface area contributed by atoms with Gasteiger partial charge in [0.1, 0.15) is 5.65 Å². The number of fused-ring (bicyclic) bond motifs is 1. The van der Waals surface area contributed by atoms with E-state index in [9.17, 15) is 9.59 Å². The molecule has 0 unspecified atom stereocenters. The lowest BCUT2D eigenvalue weighted by Crippen LogP contribution is -2.48. The maximum Gasteiger partial charge on any atom is 0.258 e. The van der Waals surface area contributed by atoms with Crippen molar-refractivity contribution in [2.75, 3.05) is 26.2 Å². The molecule has 34 heavy (non-hydrogen) atoms. The third-order valence-corrected chi connectivity index (χ3v) is 6.22. The van der Waals surface area contributed by atoms with Crippen molar-refractivity contribution < 1.29 is 9.21 Å². The van der Waals surface area contributed by atoms with Crippen LogP contribution in [-0.2, 0) is 17.8 Å². The van der Waals surface area contributed by atoms with E-state index in [0.29, 0.717) is 54.8 Å². The molecular formula is C25H24ClN5O3. The van der Waals surface area contributed by atoms with Gasteiger partial charge in [0.25, 0.3) is 5.56 Å². The van der Waals surface area contributed by atoms with Gasteiger partial charge in [-0.25, -0.2) is 9.97 Å². The number of nitrogens with zero attached hydrogens (tertiary/aromatic N) is 5.